The minimum Gasteiger partial charge on any atom is -0.479 e. The Morgan fingerprint density at radius 3 is 2.18 bits per heavy atom. The number of unbranched alkanes of at least 4 members (excludes halogenated alkanes) is 1. The number of rotatable bonds is 4. The van der Waals surface area contributed by atoms with Gasteiger partial charge in [0.25, 0.3) is 0 Å². The molecule has 68 valence electrons. The van der Waals surface area contributed by atoms with E-state index in [1.807, 2.05) is 20.8 Å². The van der Waals surface area contributed by atoms with Crippen molar-refractivity contribution in [2.24, 2.45) is 0 Å². The minimum absolute atomic E-state index is 0.367. The van der Waals surface area contributed by atoms with E-state index in [9.17, 15) is 4.79 Å². The molecule has 0 saturated heterocycles. The number of carboxylic acids is 1. The van der Waals surface area contributed by atoms with Gasteiger partial charge in [0.2, 0.25) is 0 Å². The molecule has 0 spiro atoms. The molecule has 11 heavy (non-hydrogen) atoms. The van der Waals surface area contributed by atoms with Gasteiger partial charge in [-0.15, -0.1) is 0 Å². The first-order valence-electron chi connectivity index (χ1n) is 4.09. The Hall–Kier alpha value is -0.570. The number of carboxylic acid groups (broad SMARTS) is 1. The first kappa shape index (κ1) is 13.1. The third-order valence-corrected chi connectivity index (χ3v) is 1.12. The van der Waals surface area contributed by atoms with E-state index in [1.54, 1.807) is 0 Å². The molecule has 3 heteroatoms. The maximum atomic E-state index is 9.96. The van der Waals surface area contributed by atoms with Gasteiger partial charge < -0.3 is 10.2 Å². The highest BCUT2D eigenvalue weighted by molar-refractivity contribution is 5.71. The Bertz CT molecular complexity index is 91.3. The van der Waals surface area contributed by atoms with E-state index in [0.717, 1.165) is 12.8 Å². The first-order chi connectivity index (χ1) is 5.18. The molecule has 0 aliphatic heterocycles. The predicted molar refractivity (Wildman–Crippen MR) is 44.5 cm³/mol. The topological polar surface area (TPSA) is 57.5 Å². The third-order valence-electron chi connectivity index (χ3n) is 1.12. The molecule has 0 aromatic heterocycles. The number of hydrogen-bond donors (Lipinski definition) is 2. The van der Waals surface area contributed by atoms with Crippen molar-refractivity contribution in [3.05, 3.63) is 0 Å². The first-order valence-corrected chi connectivity index (χ1v) is 4.09. The van der Waals surface area contributed by atoms with Gasteiger partial charge in [-0.25, -0.2) is 4.79 Å². The van der Waals surface area contributed by atoms with E-state index < -0.39 is 12.1 Å². The fraction of sp³-hybridized carbons (Fsp3) is 0.875. The summed E-state index contributed by atoms with van der Waals surface area (Å²) < 4.78 is 0. The van der Waals surface area contributed by atoms with E-state index in [1.165, 1.54) is 0 Å². The van der Waals surface area contributed by atoms with Crippen LogP contribution in [0, 0.1) is 0 Å². The monoisotopic (exact) mass is 162 g/mol. The molecular formula is C8H18O3. The summed E-state index contributed by atoms with van der Waals surface area (Å²) in [4.78, 5) is 9.96. The van der Waals surface area contributed by atoms with Crippen LogP contribution in [0.3, 0.4) is 0 Å². The summed E-state index contributed by atoms with van der Waals surface area (Å²) in [6.45, 7) is 5.95. The number of aliphatic hydroxyl groups is 1. The van der Waals surface area contributed by atoms with Gasteiger partial charge in [-0.2, -0.15) is 0 Å². The minimum atomic E-state index is -1.16. The maximum Gasteiger partial charge on any atom is 0.332 e. The molecule has 0 bridgehead atoms. The highest BCUT2D eigenvalue weighted by Crippen LogP contribution is 1.99. The zero-order valence-electron chi connectivity index (χ0n) is 7.50. The Morgan fingerprint density at radius 1 is 1.45 bits per heavy atom. The van der Waals surface area contributed by atoms with E-state index >= 15 is 0 Å². The van der Waals surface area contributed by atoms with Gasteiger partial charge in [0.1, 0.15) is 0 Å². The molecule has 0 aromatic rings. The Kier molecular flexibility index (Phi) is 11.2. The molecule has 0 rings (SSSR count). The maximum absolute atomic E-state index is 9.96. The number of carbonyl (C=O) groups is 1. The van der Waals surface area contributed by atoms with Crippen LogP contribution in [0.5, 0.6) is 0 Å². The summed E-state index contributed by atoms with van der Waals surface area (Å²) in [6, 6.07) is 0. The van der Waals surface area contributed by atoms with Gasteiger partial charge >= 0.3 is 5.97 Å². The standard InChI is InChI=1S/C6H12O3.C2H6/c1-2-3-4-5(7)6(8)9;1-2/h5,7H,2-4H2,1H3,(H,8,9);1-2H3. The lowest BCUT2D eigenvalue weighted by Gasteiger charge is -2.01. The fourth-order valence-corrected chi connectivity index (χ4v) is 0.521. The van der Waals surface area contributed by atoms with Crippen LogP contribution in [0.15, 0.2) is 0 Å². The SMILES string of the molecule is CC.CCCCC(O)C(=O)O. The molecule has 0 saturated carbocycles. The van der Waals surface area contributed by atoms with Crippen molar-refractivity contribution in [3.63, 3.8) is 0 Å². The average Bonchev–Trinajstić information content (AvgIpc) is 2.03. The van der Waals surface area contributed by atoms with Crippen molar-refractivity contribution in [2.75, 3.05) is 0 Å². The largest absolute Gasteiger partial charge is 0.479 e. The summed E-state index contributed by atoms with van der Waals surface area (Å²) in [5, 5.41) is 16.8. The van der Waals surface area contributed by atoms with Crippen LogP contribution in [0.1, 0.15) is 40.0 Å². The van der Waals surface area contributed by atoms with E-state index in [2.05, 4.69) is 0 Å². The van der Waals surface area contributed by atoms with Gasteiger partial charge in [-0.3, -0.25) is 0 Å². The fourth-order valence-electron chi connectivity index (χ4n) is 0.521. The van der Waals surface area contributed by atoms with E-state index in [-0.39, 0.29) is 0 Å². The van der Waals surface area contributed by atoms with Crippen LogP contribution in [0.25, 0.3) is 0 Å². The highest BCUT2D eigenvalue weighted by Gasteiger charge is 2.10. The van der Waals surface area contributed by atoms with Crippen LogP contribution in [-0.4, -0.2) is 22.3 Å². The Labute approximate surface area is 68.0 Å². The normalized spacial score (nSPS) is 11.3. The highest BCUT2D eigenvalue weighted by atomic mass is 16.4. The lowest BCUT2D eigenvalue weighted by molar-refractivity contribution is -0.146. The summed E-state index contributed by atoms with van der Waals surface area (Å²) >= 11 is 0. The Balaban J connectivity index is 0. The van der Waals surface area contributed by atoms with Crippen LogP contribution >= 0.6 is 0 Å². The number of hydrogen-bond acceptors (Lipinski definition) is 2. The summed E-state index contributed by atoms with van der Waals surface area (Å²) in [5.74, 6) is -1.12. The lowest BCUT2D eigenvalue weighted by atomic mass is 10.2. The molecule has 0 heterocycles. The second-order valence-corrected chi connectivity index (χ2v) is 2.00. The smallest absolute Gasteiger partial charge is 0.332 e. The van der Waals surface area contributed by atoms with Crippen molar-refractivity contribution in [1.82, 2.24) is 0 Å². The van der Waals surface area contributed by atoms with Gasteiger partial charge in [0.05, 0.1) is 0 Å². The second kappa shape index (κ2) is 9.43. The molecule has 0 aromatic carbocycles. The van der Waals surface area contributed by atoms with Crippen molar-refractivity contribution >= 4 is 5.97 Å². The van der Waals surface area contributed by atoms with E-state index in [4.69, 9.17) is 10.2 Å². The van der Waals surface area contributed by atoms with Gasteiger partial charge in [-0.1, -0.05) is 33.6 Å². The van der Waals surface area contributed by atoms with Gasteiger partial charge in [0, 0.05) is 0 Å². The molecule has 1 unspecified atom stereocenters. The molecule has 2 N–H and O–H groups in total. The molecule has 0 fully saturated rings. The summed E-state index contributed by atoms with van der Waals surface area (Å²) in [6.07, 6.45) is 0.897. The van der Waals surface area contributed by atoms with Crippen LogP contribution in [-0.2, 0) is 4.79 Å². The van der Waals surface area contributed by atoms with Crippen molar-refractivity contribution < 1.29 is 15.0 Å². The zero-order valence-corrected chi connectivity index (χ0v) is 7.50. The van der Waals surface area contributed by atoms with Crippen molar-refractivity contribution in [2.45, 2.75) is 46.1 Å². The van der Waals surface area contributed by atoms with Crippen LogP contribution in [0.4, 0.5) is 0 Å². The quantitative estimate of drug-likeness (QED) is 0.660. The van der Waals surface area contributed by atoms with Gasteiger partial charge in [-0.05, 0) is 6.42 Å². The third kappa shape index (κ3) is 9.43. The lowest BCUT2D eigenvalue weighted by Crippen LogP contribution is -2.18. The molecule has 0 radical (unpaired) electrons. The number of aliphatic hydroxyl groups excluding tert-OH is 1. The summed E-state index contributed by atoms with van der Waals surface area (Å²) in [5.41, 5.74) is 0. The Morgan fingerprint density at radius 2 is 1.91 bits per heavy atom. The van der Waals surface area contributed by atoms with Crippen molar-refractivity contribution in [1.29, 1.82) is 0 Å². The molecule has 0 amide bonds. The number of aliphatic carboxylic acids is 1. The molecule has 1 atom stereocenters. The summed E-state index contributed by atoms with van der Waals surface area (Å²) in [7, 11) is 0. The average molecular weight is 162 g/mol. The molecular weight excluding hydrogens is 144 g/mol. The van der Waals surface area contributed by atoms with E-state index in [0.29, 0.717) is 6.42 Å². The predicted octanol–water partition coefficient (Wildman–Crippen LogP) is 1.65. The molecule has 0 aliphatic carbocycles. The van der Waals surface area contributed by atoms with Crippen LogP contribution < -0.4 is 0 Å². The second-order valence-electron chi connectivity index (χ2n) is 2.00. The van der Waals surface area contributed by atoms with Crippen LogP contribution in [0.2, 0.25) is 0 Å². The van der Waals surface area contributed by atoms with Crippen molar-refractivity contribution in [3.8, 4) is 0 Å². The zero-order chi connectivity index (χ0) is 9.28. The van der Waals surface area contributed by atoms with Gasteiger partial charge in [0.15, 0.2) is 6.10 Å². The molecule has 0 aliphatic rings. The molecule has 3 nitrogen and oxygen atoms in total.